The summed E-state index contributed by atoms with van der Waals surface area (Å²) >= 11 is 0. The number of hydrogen-bond donors (Lipinski definition) is 2. The van der Waals surface area contributed by atoms with E-state index < -0.39 is 22.0 Å². The van der Waals surface area contributed by atoms with Gasteiger partial charge in [0.25, 0.3) is 0 Å². The van der Waals surface area contributed by atoms with Gasteiger partial charge in [-0.1, -0.05) is 48.5 Å². The van der Waals surface area contributed by atoms with E-state index in [0.29, 0.717) is 47.6 Å². The molecule has 1 atom stereocenters. The number of aromatic nitrogens is 4. The molecule has 1 aliphatic heterocycles. The zero-order chi connectivity index (χ0) is 29.8. The molecule has 12 heteroatoms. The van der Waals surface area contributed by atoms with Crippen LogP contribution in [0.2, 0.25) is 0 Å². The Labute approximate surface area is 250 Å². The molecule has 4 heterocycles. The van der Waals surface area contributed by atoms with Crippen molar-refractivity contribution >= 4 is 51.1 Å². The van der Waals surface area contributed by atoms with Gasteiger partial charge in [0.15, 0.2) is 0 Å². The second-order valence-electron chi connectivity index (χ2n) is 10.0. The van der Waals surface area contributed by atoms with Crippen LogP contribution in [0.15, 0.2) is 91.4 Å². The Bertz CT molecular complexity index is 1910. The van der Waals surface area contributed by atoms with Crippen LogP contribution >= 0.6 is 0 Å². The average molecular weight is 588 g/mol. The number of amides is 1. The molecule has 0 aliphatic carbocycles. The van der Waals surface area contributed by atoms with Gasteiger partial charge in [0, 0.05) is 6.20 Å². The summed E-state index contributed by atoms with van der Waals surface area (Å²) in [6, 6.07) is 22.6. The molecule has 2 aromatic carbocycles. The molecule has 2 N–H and O–H groups in total. The van der Waals surface area contributed by atoms with Crippen molar-refractivity contribution in [1.29, 1.82) is 0 Å². The third kappa shape index (κ3) is 6.06. The van der Waals surface area contributed by atoms with Gasteiger partial charge in [-0.2, -0.15) is 0 Å². The second kappa shape index (κ2) is 12.2. The Kier molecular flexibility index (Phi) is 8.04. The maximum absolute atomic E-state index is 13.1. The van der Waals surface area contributed by atoms with Crippen LogP contribution in [-0.2, 0) is 21.4 Å². The number of carbonyl (C=O) groups is 1. The Hall–Kier alpha value is -4.81. The molecule has 6 rings (SSSR count). The summed E-state index contributed by atoms with van der Waals surface area (Å²) in [6.45, 7) is 0.682. The summed E-state index contributed by atoms with van der Waals surface area (Å²) in [5, 5.41) is 7.75. The number of pyridine rings is 2. The van der Waals surface area contributed by atoms with Crippen LogP contribution in [0.3, 0.4) is 0 Å². The number of nitrogens with zero attached hydrogens (tertiary/aromatic N) is 5. The standard InChI is InChI=1S/C31H27BN7O3S/c32-20-43(41,42)39-15-7-13-27(39)31(40)36-24-16-22(17-33-18-24)29-37-26-12-6-11-25(21-8-2-1-3-9-21)28(26)30(38-29)35-19-23-10-4-5-14-34-23/h1-6,8-12,14,16-18,20,27H,7,13,15,19H2,(H,36,40)(H,35,37,38). The topological polar surface area (TPSA) is 130 Å². The minimum absolute atomic E-state index is 0.233. The Morgan fingerprint density at radius 3 is 2.63 bits per heavy atom. The monoisotopic (exact) mass is 588 g/mol. The molecule has 213 valence electrons. The predicted octanol–water partition coefficient (Wildman–Crippen LogP) is 4.03. The number of benzene rings is 2. The molecule has 1 fully saturated rings. The molecule has 43 heavy (non-hydrogen) atoms. The van der Waals surface area contributed by atoms with E-state index in [0.717, 1.165) is 32.0 Å². The first kappa shape index (κ1) is 28.3. The molecule has 1 amide bonds. The fourth-order valence-corrected chi connectivity index (χ4v) is 6.31. The Morgan fingerprint density at radius 2 is 1.84 bits per heavy atom. The van der Waals surface area contributed by atoms with Gasteiger partial charge in [-0.3, -0.25) is 4.98 Å². The third-order valence-corrected chi connectivity index (χ3v) is 8.68. The molecule has 1 saturated heterocycles. The number of hydrogen-bond acceptors (Lipinski definition) is 8. The van der Waals surface area contributed by atoms with E-state index in [1.807, 2.05) is 66.7 Å². The molecular weight excluding hydrogens is 561 g/mol. The summed E-state index contributed by atoms with van der Waals surface area (Å²) in [7, 11) is 1.48. The molecule has 0 bridgehead atoms. The van der Waals surface area contributed by atoms with Gasteiger partial charge in [-0.25, -0.2) is 0 Å². The van der Waals surface area contributed by atoms with Crippen LogP contribution in [0.1, 0.15) is 18.5 Å². The van der Waals surface area contributed by atoms with E-state index >= 15 is 0 Å². The van der Waals surface area contributed by atoms with Crippen molar-refractivity contribution < 1.29 is 13.2 Å². The van der Waals surface area contributed by atoms with Gasteiger partial charge >= 0.3 is 139 Å². The average Bonchev–Trinajstić information content (AvgIpc) is 3.56. The normalized spacial score (nSPS) is 15.3. The molecule has 5 aromatic rings. The van der Waals surface area contributed by atoms with Crippen LogP contribution in [-0.4, -0.2) is 63.9 Å². The number of fused-ring (bicyclic) bond motifs is 1. The van der Waals surface area contributed by atoms with Crippen LogP contribution in [0.25, 0.3) is 33.4 Å². The van der Waals surface area contributed by atoms with Crippen molar-refractivity contribution in [3.63, 3.8) is 0 Å². The first-order valence-electron chi connectivity index (χ1n) is 13.8. The zero-order valence-electron chi connectivity index (χ0n) is 23.1. The van der Waals surface area contributed by atoms with Crippen LogP contribution in [0.5, 0.6) is 0 Å². The molecule has 0 spiro atoms. The Morgan fingerprint density at radius 1 is 1.00 bits per heavy atom. The molecule has 1 unspecified atom stereocenters. The number of carbonyl (C=O) groups excluding carboxylic acids is 1. The predicted molar refractivity (Wildman–Crippen MR) is 169 cm³/mol. The summed E-state index contributed by atoms with van der Waals surface area (Å²) in [5.41, 5.74) is 4.58. The van der Waals surface area contributed by atoms with Gasteiger partial charge in [0.05, 0.1) is 17.6 Å². The van der Waals surface area contributed by atoms with E-state index in [-0.39, 0.29) is 6.54 Å². The van der Waals surface area contributed by atoms with Crippen molar-refractivity contribution in [3.05, 3.63) is 97.1 Å². The Balaban J connectivity index is 1.36. The van der Waals surface area contributed by atoms with E-state index in [4.69, 9.17) is 17.5 Å². The SMILES string of the molecule is [B]=CS(=O)(=O)N1CCCC1C(=O)Nc1cncc(-c2nc(NCc3ccccn3)c3c(-c4ccccc4)cccc3n2)c1. The van der Waals surface area contributed by atoms with Crippen molar-refractivity contribution in [2.75, 3.05) is 17.2 Å². The fraction of sp³-hybridized carbons (Fsp3) is 0.161. The van der Waals surface area contributed by atoms with Gasteiger partial charge in [0.2, 0.25) is 0 Å². The van der Waals surface area contributed by atoms with Crippen molar-refractivity contribution in [1.82, 2.24) is 24.2 Å². The summed E-state index contributed by atoms with van der Waals surface area (Å²) in [4.78, 5) is 31.6. The van der Waals surface area contributed by atoms with Gasteiger partial charge in [-0.05, 0) is 29.3 Å². The van der Waals surface area contributed by atoms with Crippen LogP contribution < -0.4 is 10.6 Å². The first-order chi connectivity index (χ1) is 20.9. The van der Waals surface area contributed by atoms with E-state index in [2.05, 4.69) is 20.6 Å². The van der Waals surface area contributed by atoms with Gasteiger partial charge < -0.3 is 5.32 Å². The molecule has 1 radical (unpaired) electrons. The van der Waals surface area contributed by atoms with Crippen molar-refractivity contribution in [2.24, 2.45) is 0 Å². The van der Waals surface area contributed by atoms with Gasteiger partial charge in [0.1, 0.15) is 0 Å². The van der Waals surface area contributed by atoms with Crippen LogP contribution in [0.4, 0.5) is 11.5 Å². The zero-order valence-corrected chi connectivity index (χ0v) is 23.9. The van der Waals surface area contributed by atoms with Gasteiger partial charge in [-0.15, -0.1) is 0 Å². The van der Waals surface area contributed by atoms with E-state index in [9.17, 15) is 13.2 Å². The number of nitrogens with one attached hydrogen (secondary N) is 2. The first-order valence-corrected chi connectivity index (χ1v) is 15.3. The number of rotatable bonds is 9. The second-order valence-corrected chi connectivity index (χ2v) is 11.8. The maximum atomic E-state index is 13.1. The van der Waals surface area contributed by atoms with E-state index in [1.165, 1.54) is 6.20 Å². The van der Waals surface area contributed by atoms with Crippen molar-refractivity contribution in [3.8, 4) is 22.5 Å². The third-order valence-electron chi connectivity index (χ3n) is 7.24. The summed E-state index contributed by atoms with van der Waals surface area (Å²) in [5.74, 6) is 0.587. The molecule has 10 nitrogen and oxygen atoms in total. The quantitative estimate of drug-likeness (QED) is 0.247. The number of anilines is 2. The summed E-state index contributed by atoms with van der Waals surface area (Å²) in [6.07, 6.45) is 5.83. The summed E-state index contributed by atoms with van der Waals surface area (Å²) < 4.78 is 25.8. The number of sulfonamides is 1. The molecule has 3 aromatic heterocycles. The molecule has 1 aliphatic rings. The fourth-order valence-electron chi connectivity index (χ4n) is 5.22. The molecular formula is C31H27BN7O3S. The molecule has 0 saturated carbocycles. The van der Waals surface area contributed by atoms with Crippen LogP contribution in [0, 0.1) is 0 Å². The van der Waals surface area contributed by atoms with E-state index in [1.54, 1.807) is 18.5 Å². The van der Waals surface area contributed by atoms with Crippen molar-refractivity contribution in [2.45, 2.75) is 25.4 Å². The minimum atomic E-state index is -3.83.